The molecule has 0 saturated heterocycles. The number of nitrogens with one attached hydrogen (secondary N) is 1. The smallest absolute Gasteiger partial charge is 0.405 e. The lowest BCUT2D eigenvalue weighted by Gasteiger charge is -2.28. The second-order valence-electron chi connectivity index (χ2n) is 6.57. The monoisotopic (exact) mass is 372 g/mol. The summed E-state index contributed by atoms with van der Waals surface area (Å²) in [7, 11) is 1.51. The van der Waals surface area contributed by atoms with Crippen LogP contribution in [0.4, 0.5) is 13.2 Å². The van der Waals surface area contributed by atoms with Crippen LogP contribution in [-0.4, -0.2) is 36.2 Å². The molecule has 1 unspecified atom stereocenters. The van der Waals surface area contributed by atoms with Gasteiger partial charge >= 0.3 is 6.36 Å². The first-order valence-electron chi connectivity index (χ1n) is 8.53. The highest BCUT2D eigenvalue weighted by Crippen LogP contribution is 2.30. The quantitative estimate of drug-likeness (QED) is 0.834. The number of alkyl halides is 3. The predicted octanol–water partition coefficient (Wildman–Crippen LogP) is 3.24. The number of likely N-dealkylation sites (N-methyl/N-ethyl adjacent to an activating group) is 1. The van der Waals surface area contributed by atoms with E-state index in [1.807, 2.05) is 0 Å². The zero-order chi connectivity index (χ0) is 19.3. The SMILES string of the molecule is CC(=O)NC(C(=O)N(C)Cc1ccccc1OC(F)(F)F)C1CCCC1. The van der Waals surface area contributed by atoms with Crippen LogP contribution < -0.4 is 10.1 Å². The average molecular weight is 372 g/mol. The highest BCUT2D eigenvalue weighted by Gasteiger charge is 2.34. The minimum absolute atomic E-state index is 0.0477. The van der Waals surface area contributed by atoms with Gasteiger partial charge < -0.3 is 15.0 Å². The third-order valence-corrected chi connectivity index (χ3v) is 4.48. The molecule has 1 aliphatic rings. The van der Waals surface area contributed by atoms with Crippen LogP contribution in [0.2, 0.25) is 0 Å². The van der Waals surface area contributed by atoms with Gasteiger partial charge in [0.2, 0.25) is 11.8 Å². The summed E-state index contributed by atoms with van der Waals surface area (Å²) in [5, 5.41) is 2.70. The van der Waals surface area contributed by atoms with E-state index in [1.54, 1.807) is 6.07 Å². The number of benzene rings is 1. The van der Waals surface area contributed by atoms with Gasteiger partial charge in [-0.15, -0.1) is 13.2 Å². The number of carbonyl (C=O) groups excluding carboxylic acids is 2. The number of hydrogen-bond donors (Lipinski definition) is 1. The highest BCUT2D eigenvalue weighted by atomic mass is 19.4. The minimum Gasteiger partial charge on any atom is -0.405 e. The summed E-state index contributed by atoms with van der Waals surface area (Å²) >= 11 is 0. The molecule has 1 saturated carbocycles. The zero-order valence-electron chi connectivity index (χ0n) is 14.8. The van der Waals surface area contributed by atoms with E-state index >= 15 is 0 Å². The van der Waals surface area contributed by atoms with Crippen molar-refractivity contribution in [3.63, 3.8) is 0 Å². The second kappa shape index (κ2) is 8.42. The molecular formula is C18H23F3N2O3. The summed E-state index contributed by atoms with van der Waals surface area (Å²) in [6.45, 7) is 1.30. The summed E-state index contributed by atoms with van der Waals surface area (Å²) in [6, 6.07) is 5.05. The molecule has 0 spiro atoms. The molecule has 0 bridgehead atoms. The summed E-state index contributed by atoms with van der Waals surface area (Å²) in [4.78, 5) is 25.6. The van der Waals surface area contributed by atoms with Gasteiger partial charge in [0, 0.05) is 26.1 Å². The zero-order valence-corrected chi connectivity index (χ0v) is 14.8. The molecule has 0 radical (unpaired) electrons. The van der Waals surface area contributed by atoms with E-state index in [2.05, 4.69) is 10.1 Å². The molecular weight excluding hydrogens is 349 g/mol. The van der Waals surface area contributed by atoms with Crippen LogP contribution in [0.3, 0.4) is 0 Å². The van der Waals surface area contributed by atoms with Crippen molar-refractivity contribution in [2.24, 2.45) is 5.92 Å². The van der Waals surface area contributed by atoms with E-state index in [-0.39, 0.29) is 35.6 Å². The summed E-state index contributed by atoms with van der Waals surface area (Å²) in [5.74, 6) is -0.898. The van der Waals surface area contributed by atoms with Crippen LogP contribution in [0.1, 0.15) is 38.2 Å². The van der Waals surface area contributed by atoms with Gasteiger partial charge in [-0.1, -0.05) is 31.0 Å². The Hall–Kier alpha value is -2.25. The van der Waals surface area contributed by atoms with Crippen LogP contribution in [0.15, 0.2) is 24.3 Å². The maximum atomic E-state index is 12.8. The molecule has 144 valence electrons. The van der Waals surface area contributed by atoms with Crippen molar-refractivity contribution in [1.29, 1.82) is 0 Å². The van der Waals surface area contributed by atoms with Crippen molar-refractivity contribution in [3.05, 3.63) is 29.8 Å². The molecule has 1 atom stereocenters. The van der Waals surface area contributed by atoms with Crippen molar-refractivity contribution in [2.75, 3.05) is 7.05 Å². The van der Waals surface area contributed by atoms with Crippen molar-refractivity contribution < 1.29 is 27.5 Å². The fourth-order valence-corrected chi connectivity index (χ4v) is 3.32. The maximum Gasteiger partial charge on any atom is 0.573 e. The minimum atomic E-state index is -4.80. The van der Waals surface area contributed by atoms with E-state index in [4.69, 9.17) is 0 Å². The second-order valence-corrected chi connectivity index (χ2v) is 6.57. The molecule has 8 heteroatoms. The molecule has 1 aliphatic carbocycles. The Balaban J connectivity index is 2.13. The predicted molar refractivity (Wildman–Crippen MR) is 89.2 cm³/mol. The van der Waals surface area contributed by atoms with Crippen molar-refractivity contribution in [3.8, 4) is 5.75 Å². The third kappa shape index (κ3) is 5.64. The van der Waals surface area contributed by atoms with Crippen molar-refractivity contribution in [1.82, 2.24) is 10.2 Å². The Morgan fingerprint density at radius 2 is 1.88 bits per heavy atom. The summed E-state index contributed by atoms with van der Waals surface area (Å²) < 4.78 is 41.7. The first kappa shape index (κ1) is 20.1. The van der Waals surface area contributed by atoms with Gasteiger partial charge in [-0.05, 0) is 24.8 Å². The fourth-order valence-electron chi connectivity index (χ4n) is 3.32. The van der Waals surface area contributed by atoms with E-state index in [0.29, 0.717) is 0 Å². The van der Waals surface area contributed by atoms with E-state index in [9.17, 15) is 22.8 Å². The van der Waals surface area contributed by atoms with Gasteiger partial charge in [-0.2, -0.15) is 0 Å². The number of carbonyl (C=O) groups is 2. The summed E-state index contributed by atoms with van der Waals surface area (Å²) in [6.07, 6.45) is -1.11. The Labute approximate surface area is 150 Å². The Morgan fingerprint density at radius 3 is 2.46 bits per heavy atom. The van der Waals surface area contributed by atoms with Gasteiger partial charge in [0.25, 0.3) is 0 Å². The first-order chi connectivity index (χ1) is 12.2. The molecule has 2 amide bonds. The molecule has 1 fully saturated rings. The maximum absolute atomic E-state index is 12.8. The van der Waals surface area contributed by atoms with Crippen molar-refractivity contribution >= 4 is 11.8 Å². The Bertz CT molecular complexity index is 643. The van der Waals surface area contributed by atoms with Crippen LogP contribution in [-0.2, 0) is 16.1 Å². The fraction of sp³-hybridized carbons (Fsp3) is 0.556. The molecule has 0 aliphatic heterocycles. The van der Waals surface area contributed by atoms with E-state index in [1.165, 1.54) is 37.1 Å². The lowest BCUT2D eigenvalue weighted by atomic mass is 9.96. The van der Waals surface area contributed by atoms with Crippen LogP contribution in [0, 0.1) is 5.92 Å². The Morgan fingerprint density at radius 1 is 1.27 bits per heavy atom. The standard InChI is InChI=1S/C18H23F3N2O3/c1-12(24)22-16(13-7-3-4-8-13)17(25)23(2)11-14-9-5-6-10-15(14)26-18(19,20)21/h5-6,9-10,13,16H,3-4,7-8,11H2,1-2H3,(H,22,24). The summed E-state index contributed by atoms with van der Waals surface area (Å²) in [5.41, 5.74) is 0.244. The Kier molecular flexibility index (Phi) is 6.50. The van der Waals surface area contributed by atoms with E-state index in [0.717, 1.165) is 25.7 Å². The largest absolute Gasteiger partial charge is 0.573 e. The lowest BCUT2D eigenvalue weighted by Crippen LogP contribution is -2.50. The van der Waals surface area contributed by atoms with Crippen LogP contribution in [0.5, 0.6) is 5.75 Å². The van der Waals surface area contributed by atoms with Gasteiger partial charge in [-0.3, -0.25) is 9.59 Å². The third-order valence-electron chi connectivity index (χ3n) is 4.48. The van der Waals surface area contributed by atoms with Gasteiger partial charge in [-0.25, -0.2) is 0 Å². The number of amides is 2. The highest BCUT2D eigenvalue weighted by molar-refractivity contribution is 5.87. The number of rotatable bonds is 6. The number of nitrogens with zero attached hydrogens (tertiary/aromatic N) is 1. The van der Waals surface area contributed by atoms with Gasteiger partial charge in [0.05, 0.1) is 0 Å². The number of hydrogen-bond acceptors (Lipinski definition) is 3. The molecule has 1 N–H and O–H groups in total. The molecule has 0 heterocycles. The normalized spacial score (nSPS) is 16.2. The average Bonchev–Trinajstić information content (AvgIpc) is 3.06. The molecule has 26 heavy (non-hydrogen) atoms. The number of para-hydroxylation sites is 1. The first-order valence-corrected chi connectivity index (χ1v) is 8.53. The van der Waals surface area contributed by atoms with Crippen molar-refractivity contribution in [2.45, 2.75) is 51.6 Å². The molecule has 5 nitrogen and oxygen atoms in total. The van der Waals surface area contributed by atoms with Crippen LogP contribution in [0.25, 0.3) is 0 Å². The van der Waals surface area contributed by atoms with Gasteiger partial charge in [0.1, 0.15) is 11.8 Å². The topological polar surface area (TPSA) is 58.6 Å². The number of ether oxygens (including phenoxy) is 1. The number of halogens is 3. The lowest BCUT2D eigenvalue weighted by molar-refractivity contribution is -0.275. The molecule has 0 aromatic heterocycles. The molecule has 2 rings (SSSR count). The van der Waals surface area contributed by atoms with Crippen LogP contribution >= 0.6 is 0 Å². The molecule has 1 aromatic rings. The van der Waals surface area contributed by atoms with Gasteiger partial charge in [0.15, 0.2) is 0 Å². The molecule has 1 aromatic carbocycles. The van der Waals surface area contributed by atoms with E-state index < -0.39 is 12.4 Å².